The van der Waals surface area contributed by atoms with E-state index in [0.29, 0.717) is 35.0 Å². The molecule has 2 aromatic heterocycles. The van der Waals surface area contributed by atoms with Crippen LogP contribution in [0.2, 0.25) is 0 Å². The van der Waals surface area contributed by atoms with Crippen molar-refractivity contribution in [2.75, 3.05) is 26.9 Å². The highest BCUT2D eigenvalue weighted by Gasteiger charge is 2.46. The summed E-state index contributed by atoms with van der Waals surface area (Å²) in [6.45, 7) is 4.95. The molecule has 35 heavy (non-hydrogen) atoms. The van der Waals surface area contributed by atoms with Gasteiger partial charge in [0.2, 0.25) is 0 Å². The molecule has 0 aliphatic carbocycles. The summed E-state index contributed by atoms with van der Waals surface area (Å²) in [5.41, 5.74) is 2.30. The lowest BCUT2D eigenvalue weighted by Crippen LogP contribution is -2.32. The highest BCUT2D eigenvalue weighted by atomic mass is 16.5. The van der Waals surface area contributed by atoms with Crippen LogP contribution in [0.1, 0.15) is 49.2 Å². The lowest BCUT2D eigenvalue weighted by molar-refractivity contribution is -0.140. The standard InChI is InChI=1S/C27H31N3O5/c1-4-5-8-15-35-20-11-9-10-19(17-20)24-22(26(32)27(33)30(24)14-16-34-3)25(31)23-18(2)28-21-12-6-7-13-29(21)23/h6-7,9-13,17,24,31H,4-5,8,14-16H2,1-3H3/b25-22+. The van der Waals surface area contributed by atoms with Gasteiger partial charge >= 0.3 is 0 Å². The minimum Gasteiger partial charge on any atom is -0.505 e. The molecule has 184 valence electrons. The summed E-state index contributed by atoms with van der Waals surface area (Å²) in [6, 6.07) is 12.1. The monoisotopic (exact) mass is 477 g/mol. The molecule has 1 amide bonds. The third-order valence-electron chi connectivity index (χ3n) is 6.20. The first kappa shape index (κ1) is 24.5. The lowest BCUT2D eigenvalue weighted by Gasteiger charge is -2.25. The third-order valence-corrected chi connectivity index (χ3v) is 6.20. The number of aliphatic hydroxyl groups is 1. The predicted octanol–water partition coefficient (Wildman–Crippen LogP) is 4.28. The Morgan fingerprint density at radius 3 is 2.71 bits per heavy atom. The number of hydrogen-bond donors (Lipinski definition) is 1. The fourth-order valence-electron chi connectivity index (χ4n) is 4.49. The van der Waals surface area contributed by atoms with Crippen molar-refractivity contribution in [3.8, 4) is 5.75 Å². The van der Waals surface area contributed by atoms with Crippen LogP contribution in [0.25, 0.3) is 11.4 Å². The number of pyridine rings is 1. The van der Waals surface area contributed by atoms with Crippen LogP contribution in [-0.2, 0) is 14.3 Å². The van der Waals surface area contributed by atoms with Crippen molar-refractivity contribution in [3.05, 3.63) is 71.2 Å². The van der Waals surface area contributed by atoms with Crippen LogP contribution in [0, 0.1) is 6.92 Å². The number of aryl methyl sites for hydroxylation is 1. The number of nitrogens with zero attached hydrogens (tertiary/aromatic N) is 3. The van der Waals surface area contributed by atoms with Gasteiger partial charge in [0.25, 0.3) is 11.7 Å². The van der Waals surface area contributed by atoms with E-state index in [4.69, 9.17) is 9.47 Å². The van der Waals surface area contributed by atoms with Gasteiger partial charge in [-0.05, 0) is 43.2 Å². The summed E-state index contributed by atoms with van der Waals surface area (Å²) >= 11 is 0. The Morgan fingerprint density at radius 1 is 1.11 bits per heavy atom. The molecular formula is C27H31N3O5. The van der Waals surface area contributed by atoms with Crippen LogP contribution in [0.3, 0.4) is 0 Å². The van der Waals surface area contributed by atoms with E-state index in [1.807, 2.05) is 42.5 Å². The number of hydrogen-bond acceptors (Lipinski definition) is 6. The molecule has 1 aliphatic heterocycles. The van der Waals surface area contributed by atoms with Gasteiger partial charge in [0.05, 0.1) is 30.5 Å². The molecule has 8 heteroatoms. The highest BCUT2D eigenvalue weighted by Crippen LogP contribution is 2.40. The largest absolute Gasteiger partial charge is 0.505 e. The van der Waals surface area contributed by atoms with Gasteiger partial charge in [0.1, 0.15) is 17.1 Å². The molecule has 8 nitrogen and oxygen atoms in total. The van der Waals surface area contributed by atoms with E-state index in [0.717, 1.165) is 19.3 Å². The van der Waals surface area contributed by atoms with Crippen molar-refractivity contribution in [1.82, 2.24) is 14.3 Å². The Bertz CT molecular complexity index is 1260. The van der Waals surface area contributed by atoms with Crippen LogP contribution in [0.15, 0.2) is 54.2 Å². The van der Waals surface area contributed by atoms with Crippen molar-refractivity contribution < 1.29 is 24.2 Å². The van der Waals surface area contributed by atoms with Crippen molar-refractivity contribution in [2.45, 2.75) is 39.2 Å². The molecule has 4 rings (SSSR count). The van der Waals surface area contributed by atoms with Crippen molar-refractivity contribution in [2.24, 2.45) is 0 Å². The molecular weight excluding hydrogens is 446 g/mol. The van der Waals surface area contributed by atoms with Gasteiger partial charge in [-0.1, -0.05) is 38.0 Å². The number of ether oxygens (including phenoxy) is 2. The first-order valence-electron chi connectivity index (χ1n) is 11.9. The van der Waals surface area contributed by atoms with Gasteiger partial charge in [-0.2, -0.15) is 0 Å². The maximum absolute atomic E-state index is 13.3. The number of ketones is 1. The number of likely N-dealkylation sites (tertiary alicyclic amines) is 1. The molecule has 1 atom stereocenters. The molecule has 0 spiro atoms. The zero-order valence-electron chi connectivity index (χ0n) is 20.4. The molecule has 1 unspecified atom stereocenters. The molecule has 3 aromatic rings. The van der Waals surface area contributed by atoms with Gasteiger partial charge < -0.3 is 19.5 Å². The first-order chi connectivity index (χ1) is 17.0. The Hall–Kier alpha value is -3.65. The second kappa shape index (κ2) is 10.7. The topological polar surface area (TPSA) is 93.4 Å². The summed E-state index contributed by atoms with van der Waals surface area (Å²) in [6.07, 6.45) is 4.89. The van der Waals surface area contributed by atoms with E-state index in [9.17, 15) is 14.7 Å². The third kappa shape index (κ3) is 4.79. The number of unbranched alkanes of at least 4 members (excludes halogenated alkanes) is 2. The van der Waals surface area contributed by atoms with E-state index in [1.54, 1.807) is 17.5 Å². The Balaban J connectivity index is 1.82. The lowest BCUT2D eigenvalue weighted by atomic mass is 9.96. The molecule has 0 radical (unpaired) electrons. The number of aromatic nitrogens is 2. The summed E-state index contributed by atoms with van der Waals surface area (Å²) in [5, 5.41) is 11.5. The molecule has 1 saturated heterocycles. The molecule has 1 aliphatic rings. The predicted molar refractivity (Wildman–Crippen MR) is 132 cm³/mol. The van der Waals surface area contributed by atoms with Gasteiger partial charge in [0, 0.05) is 19.9 Å². The fraction of sp³-hybridized carbons (Fsp3) is 0.370. The van der Waals surface area contributed by atoms with Crippen molar-refractivity contribution >= 4 is 23.1 Å². The van der Waals surface area contributed by atoms with Crippen LogP contribution in [0.4, 0.5) is 0 Å². The molecule has 1 N–H and O–H groups in total. The number of benzene rings is 1. The normalized spacial score (nSPS) is 17.5. The summed E-state index contributed by atoms with van der Waals surface area (Å²) in [7, 11) is 1.54. The van der Waals surface area contributed by atoms with Gasteiger partial charge in [-0.3, -0.25) is 14.0 Å². The second-order valence-corrected chi connectivity index (χ2v) is 8.59. The number of amides is 1. The maximum Gasteiger partial charge on any atom is 0.295 e. The van der Waals surface area contributed by atoms with Crippen molar-refractivity contribution in [3.63, 3.8) is 0 Å². The maximum atomic E-state index is 13.3. The number of carbonyl (C=O) groups is 2. The van der Waals surface area contributed by atoms with E-state index in [-0.39, 0.29) is 24.5 Å². The van der Waals surface area contributed by atoms with Crippen LogP contribution in [-0.4, -0.2) is 57.9 Å². The Labute approximate surface area is 204 Å². The van der Waals surface area contributed by atoms with Crippen LogP contribution in [0.5, 0.6) is 5.75 Å². The van der Waals surface area contributed by atoms with E-state index >= 15 is 0 Å². The molecule has 1 aromatic carbocycles. The van der Waals surface area contributed by atoms with Gasteiger partial charge in [0.15, 0.2) is 5.76 Å². The Kier molecular flexibility index (Phi) is 7.51. The minimum atomic E-state index is -0.780. The number of fused-ring (bicyclic) bond motifs is 1. The summed E-state index contributed by atoms with van der Waals surface area (Å²) < 4.78 is 12.8. The van der Waals surface area contributed by atoms with Gasteiger partial charge in [-0.15, -0.1) is 0 Å². The number of imidazole rings is 1. The average Bonchev–Trinajstić information content (AvgIpc) is 3.33. The number of methoxy groups -OCH3 is 1. The number of rotatable bonds is 10. The highest BCUT2D eigenvalue weighted by molar-refractivity contribution is 6.46. The smallest absolute Gasteiger partial charge is 0.295 e. The van der Waals surface area contributed by atoms with E-state index in [1.165, 1.54) is 12.0 Å². The van der Waals surface area contributed by atoms with Crippen LogP contribution >= 0.6 is 0 Å². The number of carbonyl (C=O) groups excluding carboxylic acids is 2. The number of aliphatic hydroxyl groups excluding tert-OH is 1. The molecule has 0 saturated carbocycles. The second-order valence-electron chi connectivity index (χ2n) is 8.59. The molecule has 3 heterocycles. The number of Topliss-reactive ketones (excluding diaryl/α,β-unsaturated/α-hetero) is 1. The van der Waals surface area contributed by atoms with Crippen molar-refractivity contribution in [1.29, 1.82) is 0 Å². The zero-order chi connectivity index (χ0) is 24.9. The summed E-state index contributed by atoms with van der Waals surface area (Å²) in [5.74, 6) is -1.00. The minimum absolute atomic E-state index is 0.0305. The Morgan fingerprint density at radius 2 is 1.94 bits per heavy atom. The molecule has 0 bridgehead atoms. The molecule has 1 fully saturated rings. The quantitative estimate of drug-likeness (QED) is 0.203. The summed E-state index contributed by atoms with van der Waals surface area (Å²) in [4.78, 5) is 32.3. The first-order valence-corrected chi connectivity index (χ1v) is 11.9. The zero-order valence-corrected chi connectivity index (χ0v) is 20.4. The van der Waals surface area contributed by atoms with E-state index in [2.05, 4.69) is 11.9 Å². The van der Waals surface area contributed by atoms with Crippen LogP contribution < -0.4 is 4.74 Å². The average molecular weight is 478 g/mol. The SMILES string of the molecule is CCCCCOc1cccc(C2/C(=C(\O)c3c(C)nc4ccccn34)C(=O)C(=O)N2CCOC)c1. The fourth-order valence-corrected chi connectivity index (χ4v) is 4.49. The van der Waals surface area contributed by atoms with Gasteiger partial charge in [-0.25, -0.2) is 4.98 Å². The van der Waals surface area contributed by atoms with E-state index < -0.39 is 17.7 Å².